The Morgan fingerprint density at radius 2 is 1.80 bits per heavy atom. The number of halogens is 2. The average molecular weight is 381 g/mol. The van der Waals surface area contributed by atoms with Crippen molar-refractivity contribution in [3.8, 4) is 5.75 Å². The molecule has 0 aliphatic rings. The van der Waals surface area contributed by atoms with E-state index in [4.69, 9.17) is 27.9 Å². The summed E-state index contributed by atoms with van der Waals surface area (Å²) < 4.78 is 5.12. The van der Waals surface area contributed by atoms with Crippen molar-refractivity contribution >= 4 is 40.7 Å². The van der Waals surface area contributed by atoms with E-state index >= 15 is 0 Å². The van der Waals surface area contributed by atoms with E-state index in [2.05, 4.69) is 10.6 Å². The molecule has 0 aromatic heterocycles. The molecule has 2 aromatic carbocycles. The second-order valence-corrected chi connectivity index (χ2v) is 6.25. The van der Waals surface area contributed by atoms with Crippen LogP contribution in [0.25, 0.3) is 0 Å². The van der Waals surface area contributed by atoms with Crippen molar-refractivity contribution in [3.63, 3.8) is 0 Å². The number of rotatable bonds is 6. The lowest BCUT2D eigenvalue weighted by Crippen LogP contribution is -2.29. The topological polar surface area (TPSA) is 67.4 Å². The highest BCUT2D eigenvalue weighted by atomic mass is 35.5. The summed E-state index contributed by atoms with van der Waals surface area (Å²) >= 11 is 11.9. The van der Waals surface area contributed by atoms with E-state index in [0.29, 0.717) is 21.5 Å². The maximum Gasteiger partial charge on any atom is 0.226 e. The number of amides is 2. The fourth-order valence-electron chi connectivity index (χ4n) is 2.31. The molecule has 132 valence electrons. The average Bonchev–Trinajstić information content (AvgIpc) is 2.56. The number of hydrogen-bond acceptors (Lipinski definition) is 3. The van der Waals surface area contributed by atoms with E-state index in [-0.39, 0.29) is 18.2 Å². The van der Waals surface area contributed by atoms with Gasteiger partial charge in [-0.1, -0.05) is 35.3 Å². The van der Waals surface area contributed by atoms with Gasteiger partial charge in [0.15, 0.2) is 0 Å². The third-order valence-electron chi connectivity index (χ3n) is 3.49. The van der Waals surface area contributed by atoms with Crippen LogP contribution in [0, 0.1) is 0 Å². The van der Waals surface area contributed by atoms with Crippen molar-refractivity contribution in [1.29, 1.82) is 0 Å². The molecule has 2 aromatic rings. The fourth-order valence-corrected chi connectivity index (χ4v) is 2.77. The Kier molecular flexibility index (Phi) is 6.67. The highest BCUT2D eigenvalue weighted by molar-refractivity contribution is 6.36. The summed E-state index contributed by atoms with van der Waals surface area (Å²) in [6, 6.07) is 11.5. The standard InChI is InChI=1S/C18H18Cl2N2O3/c1-11(23)21-17(12-3-6-14(25-2)7-4-12)10-18(24)22-16-8-5-13(19)9-15(16)20/h3-9,17H,10H2,1-2H3,(H,21,23)(H,22,24). The van der Waals surface area contributed by atoms with Crippen LogP contribution in [0.15, 0.2) is 42.5 Å². The van der Waals surface area contributed by atoms with Gasteiger partial charge >= 0.3 is 0 Å². The molecule has 0 bridgehead atoms. The van der Waals surface area contributed by atoms with Crippen LogP contribution in [0.5, 0.6) is 5.75 Å². The highest BCUT2D eigenvalue weighted by Crippen LogP contribution is 2.26. The van der Waals surface area contributed by atoms with Gasteiger partial charge in [0, 0.05) is 11.9 Å². The molecule has 0 aliphatic heterocycles. The number of benzene rings is 2. The lowest BCUT2D eigenvalue weighted by atomic mass is 10.0. The first-order valence-electron chi connectivity index (χ1n) is 7.55. The summed E-state index contributed by atoms with van der Waals surface area (Å²) in [5.74, 6) is 0.194. The Bertz CT molecular complexity index is 763. The van der Waals surface area contributed by atoms with Crippen LogP contribution in [0.3, 0.4) is 0 Å². The van der Waals surface area contributed by atoms with E-state index in [9.17, 15) is 9.59 Å². The Morgan fingerprint density at radius 3 is 2.36 bits per heavy atom. The predicted octanol–water partition coefficient (Wildman–Crippen LogP) is 4.21. The molecule has 0 aliphatic carbocycles. The minimum atomic E-state index is -0.463. The van der Waals surface area contributed by atoms with Gasteiger partial charge in [-0.05, 0) is 35.9 Å². The Balaban J connectivity index is 2.12. The maximum absolute atomic E-state index is 12.4. The molecule has 2 rings (SSSR count). The Hall–Kier alpha value is -2.24. The van der Waals surface area contributed by atoms with Crippen LogP contribution in [-0.4, -0.2) is 18.9 Å². The van der Waals surface area contributed by atoms with E-state index in [0.717, 1.165) is 5.56 Å². The van der Waals surface area contributed by atoms with Gasteiger partial charge in [-0.15, -0.1) is 0 Å². The molecule has 2 amide bonds. The number of anilines is 1. The van der Waals surface area contributed by atoms with Crippen LogP contribution in [0.4, 0.5) is 5.69 Å². The van der Waals surface area contributed by atoms with Gasteiger partial charge in [-0.2, -0.15) is 0 Å². The van der Waals surface area contributed by atoms with Crippen LogP contribution in [0.1, 0.15) is 24.9 Å². The van der Waals surface area contributed by atoms with Crippen molar-refractivity contribution < 1.29 is 14.3 Å². The van der Waals surface area contributed by atoms with E-state index in [1.54, 1.807) is 37.4 Å². The summed E-state index contributed by atoms with van der Waals surface area (Å²) in [7, 11) is 1.57. The van der Waals surface area contributed by atoms with Crippen LogP contribution in [0.2, 0.25) is 10.0 Å². The number of nitrogens with one attached hydrogen (secondary N) is 2. The summed E-state index contributed by atoms with van der Waals surface area (Å²) in [6.07, 6.45) is 0.0604. The molecule has 0 fully saturated rings. The molecular formula is C18H18Cl2N2O3. The predicted molar refractivity (Wildman–Crippen MR) is 99.3 cm³/mol. The molecule has 5 nitrogen and oxygen atoms in total. The Labute approximate surface area is 156 Å². The van der Waals surface area contributed by atoms with Gasteiger partial charge in [0.25, 0.3) is 0 Å². The minimum Gasteiger partial charge on any atom is -0.497 e. The minimum absolute atomic E-state index is 0.0604. The molecule has 0 saturated carbocycles. The van der Waals surface area contributed by atoms with Gasteiger partial charge in [-0.3, -0.25) is 9.59 Å². The largest absolute Gasteiger partial charge is 0.497 e. The zero-order valence-corrected chi connectivity index (χ0v) is 15.3. The number of ether oxygens (including phenoxy) is 1. The maximum atomic E-state index is 12.4. The number of carbonyl (C=O) groups excluding carboxylic acids is 2. The summed E-state index contributed by atoms with van der Waals surface area (Å²) in [6.45, 7) is 1.41. The zero-order valence-electron chi connectivity index (χ0n) is 13.8. The van der Waals surface area contributed by atoms with Crippen molar-refractivity contribution in [3.05, 3.63) is 58.1 Å². The van der Waals surface area contributed by atoms with E-state index in [1.165, 1.54) is 6.92 Å². The third-order valence-corrected chi connectivity index (χ3v) is 4.04. The monoisotopic (exact) mass is 380 g/mol. The first-order valence-corrected chi connectivity index (χ1v) is 8.30. The SMILES string of the molecule is COc1ccc(C(CC(=O)Nc2ccc(Cl)cc2Cl)NC(C)=O)cc1. The van der Waals surface area contributed by atoms with Crippen molar-refractivity contribution in [2.75, 3.05) is 12.4 Å². The lowest BCUT2D eigenvalue weighted by Gasteiger charge is -2.18. The number of carbonyl (C=O) groups is 2. The van der Waals surface area contributed by atoms with Gasteiger partial charge in [0.1, 0.15) is 5.75 Å². The Morgan fingerprint density at radius 1 is 1.12 bits per heavy atom. The molecule has 7 heteroatoms. The van der Waals surface area contributed by atoms with Crippen LogP contribution in [-0.2, 0) is 9.59 Å². The van der Waals surface area contributed by atoms with Gasteiger partial charge < -0.3 is 15.4 Å². The van der Waals surface area contributed by atoms with E-state index < -0.39 is 6.04 Å². The molecular weight excluding hydrogens is 363 g/mol. The van der Waals surface area contributed by atoms with Crippen molar-refractivity contribution in [2.24, 2.45) is 0 Å². The van der Waals surface area contributed by atoms with Gasteiger partial charge in [0.2, 0.25) is 11.8 Å². The van der Waals surface area contributed by atoms with Crippen LogP contribution >= 0.6 is 23.2 Å². The van der Waals surface area contributed by atoms with Crippen molar-refractivity contribution in [2.45, 2.75) is 19.4 Å². The molecule has 0 spiro atoms. The number of methoxy groups -OCH3 is 1. The summed E-state index contributed by atoms with van der Waals surface area (Å²) in [5.41, 5.74) is 1.26. The zero-order chi connectivity index (χ0) is 18.4. The number of hydrogen-bond donors (Lipinski definition) is 2. The second kappa shape index (κ2) is 8.74. The quantitative estimate of drug-likeness (QED) is 0.788. The molecule has 0 heterocycles. The first kappa shape index (κ1) is 19.1. The highest BCUT2D eigenvalue weighted by Gasteiger charge is 2.18. The van der Waals surface area contributed by atoms with Gasteiger partial charge in [-0.25, -0.2) is 0 Å². The molecule has 1 unspecified atom stereocenters. The summed E-state index contributed by atoms with van der Waals surface area (Å²) in [5, 5.41) is 6.34. The molecule has 0 radical (unpaired) electrons. The van der Waals surface area contributed by atoms with Crippen LogP contribution < -0.4 is 15.4 Å². The smallest absolute Gasteiger partial charge is 0.226 e. The van der Waals surface area contributed by atoms with Gasteiger partial charge in [0.05, 0.1) is 30.3 Å². The normalized spacial score (nSPS) is 11.5. The lowest BCUT2D eigenvalue weighted by molar-refractivity contribution is -0.120. The summed E-state index contributed by atoms with van der Waals surface area (Å²) in [4.78, 5) is 23.8. The fraction of sp³-hybridized carbons (Fsp3) is 0.222. The molecule has 2 N–H and O–H groups in total. The van der Waals surface area contributed by atoms with E-state index in [1.807, 2.05) is 12.1 Å². The molecule has 0 saturated heterocycles. The third kappa shape index (κ3) is 5.66. The second-order valence-electron chi connectivity index (χ2n) is 5.40. The first-order chi connectivity index (χ1) is 11.9. The van der Waals surface area contributed by atoms with Crippen molar-refractivity contribution in [1.82, 2.24) is 5.32 Å². The molecule has 1 atom stereocenters. The molecule has 25 heavy (non-hydrogen) atoms.